The molecule has 0 saturated heterocycles. The van der Waals surface area contributed by atoms with Crippen LogP contribution in [0.15, 0.2) is 65.7 Å². The van der Waals surface area contributed by atoms with E-state index in [0.29, 0.717) is 21.5 Å². The third kappa shape index (κ3) is 3.92. The zero-order valence-corrected chi connectivity index (χ0v) is 18.2. The van der Waals surface area contributed by atoms with E-state index in [9.17, 15) is 14.4 Å². The van der Waals surface area contributed by atoms with E-state index in [0.717, 1.165) is 16.0 Å². The number of carbonyl (C=O) groups is 2. The zero-order chi connectivity index (χ0) is 22.1. The molecule has 1 N–H and O–H groups in total. The minimum Gasteiger partial charge on any atom is -0.324 e. The molecule has 0 aliphatic rings. The van der Waals surface area contributed by atoms with Crippen molar-refractivity contribution in [1.82, 2.24) is 9.55 Å². The first kappa shape index (κ1) is 20.7. The maximum absolute atomic E-state index is 13.4. The lowest BCUT2D eigenvalue weighted by Crippen LogP contribution is -2.31. The number of fused-ring (bicyclic) bond motifs is 1. The average Bonchev–Trinajstić information content (AvgIpc) is 3.11. The molecule has 4 rings (SSSR count). The summed E-state index contributed by atoms with van der Waals surface area (Å²) in [5.74, 6) is -0.451. The molecule has 31 heavy (non-hydrogen) atoms. The molecule has 2 aromatic carbocycles. The number of hydrogen-bond acceptors (Lipinski definition) is 5. The van der Waals surface area contributed by atoms with Gasteiger partial charge in [0.2, 0.25) is 5.91 Å². The molecule has 0 aliphatic heterocycles. The summed E-state index contributed by atoms with van der Waals surface area (Å²) in [6, 6.07) is 15.6. The third-order valence-electron chi connectivity index (χ3n) is 5.21. The molecule has 0 aliphatic carbocycles. The first-order valence-electron chi connectivity index (χ1n) is 9.84. The third-order valence-corrected chi connectivity index (χ3v) is 6.22. The number of aromatic nitrogens is 2. The van der Waals surface area contributed by atoms with Crippen molar-refractivity contribution in [1.29, 1.82) is 0 Å². The normalized spacial score (nSPS) is 12.0. The van der Waals surface area contributed by atoms with Gasteiger partial charge in [0, 0.05) is 21.7 Å². The Morgan fingerprint density at radius 3 is 2.55 bits per heavy atom. The molecule has 4 aromatic rings. The van der Waals surface area contributed by atoms with Crippen molar-refractivity contribution in [3.63, 3.8) is 0 Å². The summed E-state index contributed by atoms with van der Waals surface area (Å²) < 4.78 is 1.35. The number of benzene rings is 2. The maximum Gasteiger partial charge on any atom is 0.263 e. The standard InChI is InChI=1S/C24H21N3O3S/c1-14(22(29)26-19-11-7-10-18(12-19)15(2)28)27-13-25-23-21(24(27)30)20(16(3)31-23)17-8-5-4-6-9-17/h4-14H,1-3H3,(H,26,29). The Balaban J connectivity index is 1.72. The van der Waals surface area contributed by atoms with E-state index < -0.39 is 6.04 Å². The van der Waals surface area contributed by atoms with Crippen LogP contribution in [0.5, 0.6) is 0 Å². The first-order chi connectivity index (χ1) is 14.9. The molecule has 0 saturated carbocycles. The van der Waals surface area contributed by atoms with Gasteiger partial charge in [-0.3, -0.25) is 19.0 Å². The van der Waals surface area contributed by atoms with E-state index in [1.807, 2.05) is 37.3 Å². The van der Waals surface area contributed by atoms with Gasteiger partial charge < -0.3 is 5.32 Å². The second kappa shape index (κ2) is 8.28. The molecule has 0 bridgehead atoms. The van der Waals surface area contributed by atoms with E-state index in [-0.39, 0.29) is 17.2 Å². The van der Waals surface area contributed by atoms with Crippen LogP contribution in [0.4, 0.5) is 5.69 Å². The second-order valence-corrected chi connectivity index (χ2v) is 8.54. The summed E-state index contributed by atoms with van der Waals surface area (Å²) >= 11 is 1.47. The highest BCUT2D eigenvalue weighted by Crippen LogP contribution is 2.35. The van der Waals surface area contributed by atoms with Crippen LogP contribution < -0.4 is 10.9 Å². The summed E-state index contributed by atoms with van der Waals surface area (Å²) in [7, 11) is 0. The van der Waals surface area contributed by atoms with E-state index in [2.05, 4.69) is 10.3 Å². The summed E-state index contributed by atoms with van der Waals surface area (Å²) in [4.78, 5) is 43.9. The topological polar surface area (TPSA) is 81.1 Å². The van der Waals surface area contributed by atoms with Crippen molar-refractivity contribution in [2.45, 2.75) is 26.8 Å². The van der Waals surface area contributed by atoms with Crippen molar-refractivity contribution in [3.8, 4) is 11.1 Å². The highest BCUT2D eigenvalue weighted by molar-refractivity contribution is 7.19. The molecule has 6 nitrogen and oxygen atoms in total. The summed E-state index contributed by atoms with van der Waals surface area (Å²) in [6.45, 7) is 5.09. The molecule has 0 spiro atoms. The van der Waals surface area contributed by atoms with Crippen molar-refractivity contribution in [2.75, 3.05) is 5.32 Å². The molecule has 1 unspecified atom stereocenters. The zero-order valence-electron chi connectivity index (χ0n) is 17.4. The van der Waals surface area contributed by atoms with Crippen LogP contribution in [0.3, 0.4) is 0 Å². The molecule has 2 heterocycles. The van der Waals surface area contributed by atoms with Crippen molar-refractivity contribution < 1.29 is 9.59 Å². The van der Waals surface area contributed by atoms with Crippen molar-refractivity contribution in [3.05, 3.63) is 81.7 Å². The molecule has 2 aromatic heterocycles. The number of thiophene rings is 1. The van der Waals surface area contributed by atoms with Crippen LogP contribution in [0.1, 0.15) is 35.1 Å². The van der Waals surface area contributed by atoms with Crippen LogP contribution in [0, 0.1) is 6.92 Å². The summed E-state index contributed by atoms with van der Waals surface area (Å²) in [6.07, 6.45) is 1.42. The van der Waals surface area contributed by atoms with Gasteiger partial charge in [-0.1, -0.05) is 42.5 Å². The van der Waals surface area contributed by atoms with Crippen molar-refractivity contribution in [2.24, 2.45) is 0 Å². The van der Waals surface area contributed by atoms with E-state index in [1.54, 1.807) is 31.2 Å². The van der Waals surface area contributed by atoms with Gasteiger partial charge in [0.25, 0.3) is 5.56 Å². The van der Waals surface area contributed by atoms with E-state index in [1.165, 1.54) is 29.2 Å². The Morgan fingerprint density at radius 2 is 1.84 bits per heavy atom. The lowest BCUT2D eigenvalue weighted by molar-refractivity contribution is -0.118. The Kier molecular flexibility index (Phi) is 5.52. The van der Waals surface area contributed by atoms with Gasteiger partial charge in [0.05, 0.1) is 11.7 Å². The molecule has 0 radical (unpaired) electrons. The van der Waals surface area contributed by atoms with Gasteiger partial charge in [0.1, 0.15) is 10.9 Å². The molecule has 0 fully saturated rings. The SMILES string of the molecule is CC(=O)c1cccc(NC(=O)C(C)n2cnc3sc(C)c(-c4ccccc4)c3c2=O)c1. The number of Topliss-reactive ketones (excluding diaryl/α,β-unsaturated/α-hetero) is 1. The van der Waals surface area contributed by atoms with Crippen LogP contribution in [-0.2, 0) is 4.79 Å². The number of nitrogens with zero attached hydrogens (tertiary/aromatic N) is 2. The Morgan fingerprint density at radius 1 is 1.10 bits per heavy atom. The number of rotatable bonds is 5. The van der Waals surface area contributed by atoms with E-state index >= 15 is 0 Å². The summed E-state index contributed by atoms with van der Waals surface area (Å²) in [5, 5.41) is 3.31. The summed E-state index contributed by atoms with van der Waals surface area (Å²) in [5.41, 5.74) is 2.55. The number of hydrogen-bond donors (Lipinski definition) is 1. The fourth-order valence-corrected chi connectivity index (χ4v) is 4.54. The predicted molar refractivity (Wildman–Crippen MR) is 124 cm³/mol. The number of ketones is 1. The molecule has 1 atom stereocenters. The Labute approximate surface area is 183 Å². The lowest BCUT2D eigenvalue weighted by Gasteiger charge is -2.15. The second-order valence-electron chi connectivity index (χ2n) is 7.34. The van der Waals surface area contributed by atoms with Gasteiger partial charge in [-0.2, -0.15) is 0 Å². The molecular weight excluding hydrogens is 410 g/mol. The monoisotopic (exact) mass is 431 g/mol. The number of carbonyl (C=O) groups excluding carboxylic acids is 2. The molecule has 7 heteroatoms. The largest absolute Gasteiger partial charge is 0.324 e. The fourth-order valence-electron chi connectivity index (χ4n) is 3.53. The van der Waals surface area contributed by atoms with Gasteiger partial charge >= 0.3 is 0 Å². The number of anilines is 1. The molecule has 156 valence electrons. The Hall–Kier alpha value is -3.58. The van der Waals surface area contributed by atoms with Crippen LogP contribution in [-0.4, -0.2) is 21.2 Å². The Bertz CT molecular complexity index is 1360. The van der Waals surface area contributed by atoms with Gasteiger partial charge in [-0.15, -0.1) is 11.3 Å². The molecule has 1 amide bonds. The predicted octanol–water partition coefficient (Wildman–Crippen LogP) is 4.84. The van der Waals surface area contributed by atoms with Crippen LogP contribution in [0.25, 0.3) is 21.3 Å². The first-order valence-corrected chi connectivity index (χ1v) is 10.7. The number of aryl methyl sites for hydroxylation is 1. The van der Waals surface area contributed by atoms with Crippen LogP contribution >= 0.6 is 11.3 Å². The highest BCUT2D eigenvalue weighted by Gasteiger charge is 2.22. The van der Waals surface area contributed by atoms with Gasteiger partial charge in [0.15, 0.2) is 5.78 Å². The van der Waals surface area contributed by atoms with Crippen LogP contribution in [0.2, 0.25) is 0 Å². The molecular formula is C24H21N3O3S. The maximum atomic E-state index is 13.4. The van der Waals surface area contributed by atoms with Gasteiger partial charge in [-0.05, 0) is 38.5 Å². The highest BCUT2D eigenvalue weighted by atomic mass is 32.1. The van der Waals surface area contributed by atoms with Crippen molar-refractivity contribution >= 4 is 38.9 Å². The number of amides is 1. The number of nitrogens with one attached hydrogen (secondary N) is 1. The quantitative estimate of drug-likeness (QED) is 0.459. The minimum atomic E-state index is -0.783. The fraction of sp³-hybridized carbons (Fsp3) is 0.167. The minimum absolute atomic E-state index is 0.0868. The van der Waals surface area contributed by atoms with Gasteiger partial charge in [-0.25, -0.2) is 4.98 Å². The average molecular weight is 432 g/mol. The lowest BCUT2D eigenvalue weighted by atomic mass is 10.0. The smallest absolute Gasteiger partial charge is 0.263 e. The van der Waals surface area contributed by atoms with E-state index in [4.69, 9.17) is 0 Å².